The Morgan fingerprint density at radius 2 is 1.90 bits per heavy atom. The third-order valence-corrected chi connectivity index (χ3v) is 4.12. The molecule has 0 radical (unpaired) electrons. The van der Waals surface area contributed by atoms with E-state index in [1.807, 2.05) is 35.4 Å². The summed E-state index contributed by atoms with van der Waals surface area (Å²) in [4.78, 5) is 26.7. The topological polar surface area (TPSA) is 45.6 Å². The van der Waals surface area contributed by atoms with Crippen LogP contribution in [0.3, 0.4) is 0 Å². The Kier molecular flexibility index (Phi) is 3.75. The maximum Gasteiger partial charge on any atom is 0.219 e. The molecule has 1 aromatic carbocycles. The maximum absolute atomic E-state index is 11.3. The van der Waals surface area contributed by atoms with Gasteiger partial charge in [-0.05, 0) is 6.07 Å². The molecule has 2 aromatic rings. The largest absolute Gasteiger partial charge is 0.340 e. The average molecular weight is 285 g/mol. The van der Waals surface area contributed by atoms with Crippen LogP contribution >= 0.6 is 0 Å². The van der Waals surface area contributed by atoms with Gasteiger partial charge in [0.1, 0.15) is 0 Å². The van der Waals surface area contributed by atoms with Gasteiger partial charge in [-0.15, -0.1) is 0 Å². The number of rotatable bonds is 3. The summed E-state index contributed by atoms with van der Waals surface area (Å²) in [6.45, 7) is 5.64. The SMILES string of the molecule is CC(=O)N1CCN(Cn2cc(C=O)c3ccccc32)CC1. The number of aldehydes is 1. The number of aromatic nitrogens is 1. The number of carbonyl (C=O) groups is 2. The highest BCUT2D eigenvalue weighted by atomic mass is 16.2. The maximum atomic E-state index is 11.3. The van der Waals surface area contributed by atoms with Gasteiger partial charge >= 0.3 is 0 Å². The highest BCUT2D eigenvalue weighted by Crippen LogP contribution is 2.20. The Labute approximate surface area is 123 Å². The van der Waals surface area contributed by atoms with Crippen LogP contribution in [0.4, 0.5) is 0 Å². The van der Waals surface area contributed by atoms with Gasteiger partial charge in [0.15, 0.2) is 6.29 Å². The van der Waals surface area contributed by atoms with Crippen molar-refractivity contribution in [3.05, 3.63) is 36.0 Å². The second kappa shape index (κ2) is 5.69. The van der Waals surface area contributed by atoms with Crippen molar-refractivity contribution in [2.24, 2.45) is 0 Å². The minimum atomic E-state index is 0.143. The van der Waals surface area contributed by atoms with Crippen molar-refractivity contribution in [2.45, 2.75) is 13.6 Å². The lowest BCUT2D eigenvalue weighted by atomic mass is 10.2. The van der Waals surface area contributed by atoms with Crippen LogP contribution in [-0.2, 0) is 11.5 Å². The van der Waals surface area contributed by atoms with Gasteiger partial charge in [-0.2, -0.15) is 0 Å². The molecule has 0 aliphatic carbocycles. The first-order chi connectivity index (χ1) is 10.2. The zero-order valence-electron chi connectivity index (χ0n) is 12.2. The van der Waals surface area contributed by atoms with Crippen molar-refractivity contribution >= 4 is 23.1 Å². The molecule has 1 aliphatic heterocycles. The Morgan fingerprint density at radius 1 is 1.19 bits per heavy atom. The average Bonchev–Trinajstić information content (AvgIpc) is 2.86. The standard InChI is InChI=1S/C16H19N3O2/c1-13(21)18-8-6-17(7-9-18)12-19-10-14(11-20)15-4-2-3-5-16(15)19/h2-5,10-11H,6-9,12H2,1H3. The number of piperazine rings is 1. The summed E-state index contributed by atoms with van der Waals surface area (Å²) in [6, 6.07) is 7.95. The lowest BCUT2D eigenvalue weighted by Gasteiger charge is -2.34. The van der Waals surface area contributed by atoms with Crippen LogP contribution in [-0.4, -0.2) is 52.7 Å². The predicted molar refractivity (Wildman–Crippen MR) is 81.2 cm³/mol. The molecule has 110 valence electrons. The number of nitrogens with zero attached hydrogens (tertiary/aromatic N) is 3. The molecule has 3 rings (SSSR count). The van der Waals surface area contributed by atoms with E-state index >= 15 is 0 Å². The van der Waals surface area contributed by atoms with Gasteiger partial charge in [-0.25, -0.2) is 0 Å². The Bertz CT molecular complexity index is 669. The number of para-hydroxylation sites is 1. The molecule has 0 N–H and O–H groups in total. The second-order valence-electron chi connectivity index (χ2n) is 5.45. The van der Waals surface area contributed by atoms with Crippen molar-refractivity contribution in [1.82, 2.24) is 14.4 Å². The molecular formula is C16H19N3O2. The molecule has 2 heterocycles. The van der Waals surface area contributed by atoms with Crippen LogP contribution in [0.15, 0.2) is 30.5 Å². The van der Waals surface area contributed by atoms with E-state index in [4.69, 9.17) is 0 Å². The Morgan fingerprint density at radius 3 is 2.57 bits per heavy atom. The number of hydrogen-bond donors (Lipinski definition) is 0. The highest BCUT2D eigenvalue weighted by Gasteiger charge is 2.19. The zero-order valence-corrected chi connectivity index (χ0v) is 12.2. The molecule has 5 heteroatoms. The van der Waals surface area contributed by atoms with Crippen LogP contribution in [0.25, 0.3) is 10.9 Å². The van der Waals surface area contributed by atoms with E-state index in [1.54, 1.807) is 6.92 Å². The normalized spacial score (nSPS) is 16.3. The van der Waals surface area contributed by atoms with Crippen LogP contribution in [0.1, 0.15) is 17.3 Å². The number of hydrogen-bond acceptors (Lipinski definition) is 3. The van der Waals surface area contributed by atoms with Gasteiger partial charge in [-0.3, -0.25) is 14.5 Å². The lowest BCUT2D eigenvalue weighted by molar-refractivity contribution is -0.130. The summed E-state index contributed by atoms with van der Waals surface area (Å²) in [7, 11) is 0. The molecule has 5 nitrogen and oxygen atoms in total. The predicted octanol–water partition coefficient (Wildman–Crippen LogP) is 1.58. The monoisotopic (exact) mass is 285 g/mol. The fraction of sp³-hybridized carbons (Fsp3) is 0.375. The number of fused-ring (bicyclic) bond motifs is 1. The van der Waals surface area contributed by atoms with Gasteiger partial charge in [0.25, 0.3) is 0 Å². The van der Waals surface area contributed by atoms with E-state index in [2.05, 4.69) is 9.47 Å². The molecule has 0 atom stereocenters. The van der Waals surface area contributed by atoms with Gasteiger partial charge in [-0.1, -0.05) is 18.2 Å². The molecule has 21 heavy (non-hydrogen) atoms. The van der Waals surface area contributed by atoms with Crippen molar-refractivity contribution < 1.29 is 9.59 Å². The van der Waals surface area contributed by atoms with E-state index in [1.165, 1.54) is 0 Å². The second-order valence-corrected chi connectivity index (χ2v) is 5.45. The van der Waals surface area contributed by atoms with E-state index in [0.717, 1.165) is 55.6 Å². The third-order valence-electron chi connectivity index (χ3n) is 4.12. The van der Waals surface area contributed by atoms with E-state index in [-0.39, 0.29) is 5.91 Å². The zero-order chi connectivity index (χ0) is 14.8. The van der Waals surface area contributed by atoms with Gasteiger partial charge < -0.3 is 9.47 Å². The highest BCUT2D eigenvalue weighted by molar-refractivity contribution is 5.97. The quantitative estimate of drug-likeness (QED) is 0.804. The number of amides is 1. The third kappa shape index (κ3) is 2.69. The van der Waals surface area contributed by atoms with Crippen molar-refractivity contribution in [2.75, 3.05) is 26.2 Å². The molecule has 1 aromatic heterocycles. The first kappa shape index (κ1) is 13.8. The van der Waals surface area contributed by atoms with Crippen LogP contribution < -0.4 is 0 Å². The minimum Gasteiger partial charge on any atom is -0.340 e. The van der Waals surface area contributed by atoms with E-state index in [9.17, 15) is 9.59 Å². The minimum absolute atomic E-state index is 0.143. The molecule has 0 bridgehead atoms. The Hall–Kier alpha value is -2.14. The van der Waals surface area contributed by atoms with Gasteiger partial charge in [0.2, 0.25) is 5.91 Å². The molecule has 1 saturated heterocycles. The van der Waals surface area contributed by atoms with Crippen molar-refractivity contribution in [3.63, 3.8) is 0 Å². The molecule has 0 spiro atoms. The molecule has 1 fully saturated rings. The van der Waals surface area contributed by atoms with Crippen LogP contribution in [0, 0.1) is 0 Å². The summed E-state index contributed by atoms with van der Waals surface area (Å²) < 4.78 is 2.11. The fourth-order valence-corrected chi connectivity index (χ4v) is 2.91. The van der Waals surface area contributed by atoms with Crippen molar-refractivity contribution in [3.8, 4) is 0 Å². The summed E-state index contributed by atoms with van der Waals surface area (Å²) in [5.74, 6) is 0.143. The molecule has 0 saturated carbocycles. The first-order valence-electron chi connectivity index (χ1n) is 7.20. The summed E-state index contributed by atoms with van der Waals surface area (Å²) >= 11 is 0. The summed E-state index contributed by atoms with van der Waals surface area (Å²) in [6.07, 6.45) is 2.82. The Balaban J connectivity index is 1.77. The van der Waals surface area contributed by atoms with Crippen molar-refractivity contribution in [1.29, 1.82) is 0 Å². The van der Waals surface area contributed by atoms with Gasteiger partial charge in [0, 0.05) is 55.8 Å². The molecule has 0 unspecified atom stereocenters. The summed E-state index contributed by atoms with van der Waals surface area (Å²) in [5.41, 5.74) is 1.81. The first-order valence-corrected chi connectivity index (χ1v) is 7.20. The smallest absolute Gasteiger partial charge is 0.219 e. The van der Waals surface area contributed by atoms with E-state index in [0.29, 0.717) is 0 Å². The van der Waals surface area contributed by atoms with Crippen LogP contribution in [0.5, 0.6) is 0 Å². The van der Waals surface area contributed by atoms with Gasteiger partial charge in [0.05, 0.1) is 6.67 Å². The lowest BCUT2D eigenvalue weighted by Crippen LogP contribution is -2.48. The number of carbonyl (C=O) groups excluding carboxylic acids is 2. The number of benzene rings is 1. The fourth-order valence-electron chi connectivity index (χ4n) is 2.91. The van der Waals surface area contributed by atoms with E-state index < -0.39 is 0 Å². The summed E-state index contributed by atoms with van der Waals surface area (Å²) in [5, 5.41) is 0.995. The molecule has 1 aliphatic rings. The molecular weight excluding hydrogens is 266 g/mol. The van der Waals surface area contributed by atoms with Crippen LogP contribution in [0.2, 0.25) is 0 Å². The molecule has 1 amide bonds.